The smallest absolute Gasteiger partial charge is 0.0294 e. The monoisotopic (exact) mass is 274 g/mol. The highest BCUT2D eigenvalue weighted by atomic mass is 79.9. The maximum Gasteiger partial charge on any atom is 0.0294 e. The highest BCUT2D eigenvalue weighted by Gasteiger charge is 1.99. The molecule has 1 aromatic rings. The summed E-state index contributed by atoms with van der Waals surface area (Å²) in [4.78, 5) is 0. The van der Waals surface area contributed by atoms with Gasteiger partial charge in [0, 0.05) is 9.80 Å². The largest absolute Gasteiger partial charge is 0.0984 e. The molecule has 1 aromatic carbocycles. The van der Waals surface area contributed by atoms with E-state index >= 15 is 0 Å². The van der Waals surface area contributed by atoms with Crippen LogP contribution >= 0.6 is 31.9 Å². The van der Waals surface area contributed by atoms with E-state index in [0.29, 0.717) is 0 Å². The van der Waals surface area contributed by atoms with E-state index in [1.165, 1.54) is 5.56 Å². The van der Waals surface area contributed by atoms with Crippen LogP contribution in [0.5, 0.6) is 0 Å². The molecule has 0 aliphatic carbocycles. The highest BCUT2D eigenvalue weighted by molar-refractivity contribution is 9.10. The second-order valence-electron chi connectivity index (χ2n) is 2.16. The lowest BCUT2D eigenvalue weighted by Crippen LogP contribution is -1.82. The Kier molecular flexibility index (Phi) is 3.34. The Morgan fingerprint density at radius 3 is 2.73 bits per heavy atom. The maximum absolute atomic E-state index is 3.72. The van der Waals surface area contributed by atoms with E-state index in [4.69, 9.17) is 0 Å². The summed E-state index contributed by atoms with van der Waals surface area (Å²) in [6.45, 7) is 3.72. The minimum atomic E-state index is 0.870. The van der Waals surface area contributed by atoms with E-state index in [2.05, 4.69) is 44.5 Å². The molecule has 0 spiro atoms. The quantitative estimate of drug-likeness (QED) is 0.716. The van der Waals surface area contributed by atoms with Crippen LogP contribution in [0.1, 0.15) is 11.1 Å². The second kappa shape index (κ2) is 4.07. The van der Waals surface area contributed by atoms with Crippen molar-refractivity contribution in [2.75, 3.05) is 0 Å². The summed E-state index contributed by atoms with van der Waals surface area (Å²) >= 11 is 6.91. The van der Waals surface area contributed by atoms with Gasteiger partial charge in [0.2, 0.25) is 0 Å². The fourth-order valence-electron chi connectivity index (χ4n) is 0.861. The molecule has 1 rings (SSSR count). The van der Waals surface area contributed by atoms with Crippen molar-refractivity contribution in [1.29, 1.82) is 0 Å². The van der Waals surface area contributed by atoms with Crippen molar-refractivity contribution in [3.05, 3.63) is 40.4 Å². The van der Waals surface area contributed by atoms with E-state index in [0.717, 1.165) is 15.4 Å². The van der Waals surface area contributed by atoms with Crippen molar-refractivity contribution < 1.29 is 0 Å². The summed E-state index contributed by atoms with van der Waals surface area (Å²) in [6.07, 6.45) is 1.84. The Balaban J connectivity index is 3.20. The van der Waals surface area contributed by atoms with Gasteiger partial charge in [0.25, 0.3) is 0 Å². The standard InChI is InChI=1S/C9H8Br2/c1-2-7-4-3-5-8(6-10)9(7)11/h2-5H,1,6H2. The van der Waals surface area contributed by atoms with Gasteiger partial charge < -0.3 is 0 Å². The van der Waals surface area contributed by atoms with Gasteiger partial charge in [-0.05, 0) is 27.1 Å². The number of rotatable bonds is 2. The predicted octanol–water partition coefficient (Wildman–Crippen LogP) is 3.99. The van der Waals surface area contributed by atoms with Crippen molar-refractivity contribution in [3.63, 3.8) is 0 Å². The summed E-state index contributed by atoms with van der Waals surface area (Å²) in [5.41, 5.74) is 2.39. The lowest BCUT2D eigenvalue weighted by Gasteiger charge is -2.02. The Labute approximate surface area is 83.6 Å². The first-order valence-corrected chi connectivity index (χ1v) is 5.17. The minimum absolute atomic E-state index is 0.870. The Morgan fingerprint density at radius 1 is 1.45 bits per heavy atom. The topological polar surface area (TPSA) is 0 Å². The average Bonchev–Trinajstić information content (AvgIpc) is 2.05. The summed E-state index contributed by atoms with van der Waals surface area (Å²) < 4.78 is 1.13. The van der Waals surface area contributed by atoms with Gasteiger partial charge in [0.05, 0.1) is 0 Å². The number of halogens is 2. The molecule has 0 atom stereocenters. The number of hydrogen-bond acceptors (Lipinski definition) is 0. The maximum atomic E-state index is 3.72. The number of alkyl halides is 1. The van der Waals surface area contributed by atoms with E-state index in [1.807, 2.05) is 18.2 Å². The molecule has 0 aromatic heterocycles. The molecular weight excluding hydrogens is 268 g/mol. The van der Waals surface area contributed by atoms with Crippen molar-refractivity contribution in [3.8, 4) is 0 Å². The SMILES string of the molecule is C=Cc1cccc(CBr)c1Br. The minimum Gasteiger partial charge on any atom is -0.0984 e. The summed E-state index contributed by atoms with van der Waals surface area (Å²) in [5, 5.41) is 0.870. The molecule has 0 amide bonds. The van der Waals surface area contributed by atoms with Crippen molar-refractivity contribution >= 4 is 37.9 Å². The van der Waals surface area contributed by atoms with Crippen LogP contribution in [-0.4, -0.2) is 0 Å². The lowest BCUT2D eigenvalue weighted by molar-refractivity contribution is 1.39. The van der Waals surface area contributed by atoms with Crippen LogP contribution in [-0.2, 0) is 5.33 Å². The van der Waals surface area contributed by atoms with Gasteiger partial charge in [-0.1, -0.05) is 46.8 Å². The van der Waals surface area contributed by atoms with Gasteiger partial charge in [-0.2, -0.15) is 0 Å². The molecule has 0 heterocycles. The van der Waals surface area contributed by atoms with Crippen LogP contribution in [0.2, 0.25) is 0 Å². The molecule has 0 fully saturated rings. The first kappa shape index (κ1) is 9.01. The molecule has 58 valence electrons. The van der Waals surface area contributed by atoms with Crippen LogP contribution < -0.4 is 0 Å². The van der Waals surface area contributed by atoms with E-state index < -0.39 is 0 Å². The molecule has 0 aliphatic rings. The lowest BCUT2D eigenvalue weighted by atomic mass is 10.1. The second-order valence-corrected chi connectivity index (χ2v) is 3.51. The molecule has 0 bridgehead atoms. The van der Waals surface area contributed by atoms with E-state index in [9.17, 15) is 0 Å². The molecule has 0 unspecified atom stereocenters. The third-order valence-electron chi connectivity index (χ3n) is 1.47. The van der Waals surface area contributed by atoms with Crippen molar-refractivity contribution in [1.82, 2.24) is 0 Å². The fraction of sp³-hybridized carbons (Fsp3) is 0.111. The van der Waals surface area contributed by atoms with Gasteiger partial charge in [-0.3, -0.25) is 0 Å². The molecule has 0 nitrogen and oxygen atoms in total. The zero-order chi connectivity index (χ0) is 8.27. The average molecular weight is 276 g/mol. The van der Waals surface area contributed by atoms with E-state index in [1.54, 1.807) is 0 Å². The zero-order valence-electron chi connectivity index (χ0n) is 5.98. The predicted molar refractivity (Wildman–Crippen MR) is 56.9 cm³/mol. The van der Waals surface area contributed by atoms with Gasteiger partial charge in [0.1, 0.15) is 0 Å². The Hall–Kier alpha value is -0.0800. The highest BCUT2D eigenvalue weighted by Crippen LogP contribution is 2.24. The van der Waals surface area contributed by atoms with Gasteiger partial charge in [-0.25, -0.2) is 0 Å². The molecular formula is C9H8Br2. The van der Waals surface area contributed by atoms with Gasteiger partial charge >= 0.3 is 0 Å². The molecule has 0 aliphatic heterocycles. The zero-order valence-corrected chi connectivity index (χ0v) is 9.15. The van der Waals surface area contributed by atoms with E-state index in [-0.39, 0.29) is 0 Å². The number of hydrogen-bond donors (Lipinski definition) is 0. The fourth-order valence-corrected chi connectivity index (χ4v) is 2.27. The molecule has 0 N–H and O–H groups in total. The van der Waals surface area contributed by atoms with Crippen LogP contribution in [0.25, 0.3) is 6.08 Å². The molecule has 0 radical (unpaired) electrons. The normalized spacial score (nSPS) is 9.64. The molecule has 2 heteroatoms. The number of benzene rings is 1. The third kappa shape index (κ3) is 1.94. The Morgan fingerprint density at radius 2 is 2.18 bits per heavy atom. The molecule has 0 saturated heterocycles. The summed E-state index contributed by atoms with van der Waals surface area (Å²) in [5.74, 6) is 0. The van der Waals surface area contributed by atoms with Crippen LogP contribution in [0.4, 0.5) is 0 Å². The first-order chi connectivity index (χ1) is 5.29. The summed E-state index contributed by atoms with van der Waals surface area (Å²) in [7, 11) is 0. The van der Waals surface area contributed by atoms with Gasteiger partial charge in [0.15, 0.2) is 0 Å². The van der Waals surface area contributed by atoms with Crippen molar-refractivity contribution in [2.24, 2.45) is 0 Å². The van der Waals surface area contributed by atoms with Crippen molar-refractivity contribution in [2.45, 2.75) is 5.33 Å². The third-order valence-corrected chi connectivity index (χ3v) is 3.04. The molecule has 0 saturated carbocycles. The first-order valence-electron chi connectivity index (χ1n) is 3.25. The van der Waals surface area contributed by atoms with Crippen LogP contribution in [0.15, 0.2) is 29.3 Å². The Bertz CT molecular complexity index is 266. The van der Waals surface area contributed by atoms with Gasteiger partial charge in [-0.15, -0.1) is 0 Å². The summed E-state index contributed by atoms with van der Waals surface area (Å²) in [6, 6.07) is 6.13. The van der Waals surface area contributed by atoms with Crippen LogP contribution in [0, 0.1) is 0 Å². The molecule has 11 heavy (non-hydrogen) atoms. The van der Waals surface area contributed by atoms with Crippen LogP contribution in [0.3, 0.4) is 0 Å².